The van der Waals surface area contributed by atoms with E-state index in [0.29, 0.717) is 15.7 Å². The maximum Gasteiger partial charge on any atom is 0.230 e. The Balaban J connectivity index is 2.22. The van der Waals surface area contributed by atoms with Crippen LogP contribution in [0.15, 0.2) is 51.5 Å². The molecule has 0 aliphatic carbocycles. The molecule has 3 aromatic rings. The molecule has 1 heterocycles. The fraction of sp³-hybridized carbons (Fsp3) is 0. The van der Waals surface area contributed by atoms with Gasteiger partial charge in [0.15, 0.2) is 0 Å². The van der Waals surface area contributed by atoms with Gasteiger partial charge >= 0.3 is 0 Å². The number of aromatic nitrogens is 1. The number of nitrogens with two attached hydrogens (primary N) is 1. The second-order valence-electron chi connectivity index (χ2n) is 4.38. The van der Waals surface area contributed by atoms with E-state index in [9.17, 15) is 0 Å². The monoisotopic (exact) mass is 382 g/mol. The highest BCUT2D eigenvalue weighted by atomic mass is 79.9. The molecule has 2 N–H and O–H groups in total. The average molecular weight is 384 g/mol. The molecular formula is C15H9BrCl2N2O. The lowest BCUT2D eigenvalue weighted by molar-refractivity contribution is 0.439. The van der Waals surface area contributed by atoms with E-state index in [0.717, 1.165) is 21.2 Å². The van der Waals surface area contributed by atoms with E-state index in [2.05, 4.69) is 21.1 Å². The molecule has 0 radical (unpaired) electrons. The van der Waals surface area contributed by atoms with Crippen molar-refractivity contribution in [2.45, 2.75) is 0 Å². The van der Waals surface area contributed by atoms with E-state index < -0.39 is 0 Å². The zero-order valence-electron chi connectivity index (χ0n) is 10.6. The van der Waals surface area contributed by atoms with Crippen LogP contribution < -0.4 is 5.73 Å². The standard InChI is InChI=1S/C15H9BrCl2N2O/c16-10-4-2-1-3-9(10)13-14(20-21-15(13)19)8-5-6-11(17)12(18)7-8/h1-7H,19H2. The van der Waals surface area contributed by atoms with Gasteiger partial charge in [-0.1, -0.05) is 68.6 Å². The molecule has 6 heteroatoms. The van der Waals surface area contributed by atoms with Crippen molar-refractivity contribution in [3.05, 3.63) is 57.0 Å². The number of rotatable bonds is 2. The smallest absolute Gasteiger partial charge is 0.230 e. The second kappa shape index (κ2) is 5.72. The SMILES string of the molecule is Nc1onc(-c2ccc(Cl)c(Cl)c2)c1-c1ccccc1Br. The van der Waals surface area contributed by atoms with E-state index in [1.807, 2.05) is 30.3 Å². The number of nitrogens with zero attached hydrogens (tertiary/aromatic N) is 1. The summed E-state index contributed by atoms with van der Waals surface area (Å²) in [5, 5.41) is 4.99. The fourth-order valence-corrected chi connectivity index (χ4v) is 2.85. The molecular weight excluding hydrogens is 375 g/mol. The van der Waals surface area contributed by atoms with Crippen LogP contribution in [0.5, 0.6) is 0 Å². The first-order valence-electron chi connectivity index (χ1n) is 6.03. The maximum atomic E-state index is 6.07. The number of halogens is 3. The first-order valence-corrected chi connectivity index (χ1v) is 7.58. The second-order valence-corrected chi connectivity index (χ2v) is 6.05. The molecule has 1 aromatic heterocycles. The van der Waals surface area contributed by atoms with Crippen molar-refractivity contribution in [2.24, 2.45) is 0 Å². The Hall–Kier alpha value is -1.49. The van der Waals surface area contributed by atoms with Crippen LogP contribution >= 0.6 is 39.1 Å². The van der Waals surface area contributed by atoms with Crippen LogP contribution in [-0.4, -0.2) is 5.16 Å². The molecule has 0 bridgehead atoms. The van der Waals surface area contributed by atoms with Crippen molar-refractivity contribution < 1.29 is 4.52 Å². The van der Waals surface area contributed by atoms with E-state index in [1.54, 1.807) is 12.1 Å². The van der Waals surface area contributed by atoms with Gasteiger partial charge < -0.3 is 10.3 Å². The lowest BCUT2D eigenvalue weighted by atomic mass is 10.0. The molecule has 0 atom stereocenters. The van der Waals surface area contributed by atoms with Crippen LogP contribution in [0.25, 0.3) is 22.4 Å². The fourth-order valence-electron chi connectivity index (χ4n) is 2.07. The lowest BCUT2D eigenvalue weighted by Crippen LogP contribution is -1.89. The van der Waals surface area contributed by atoms with E-state index in [4.69, 9.17) is 33.5 Å². The highest BCUT2D eigenvalue weighted by Crippen LogP contribution is 2.40. The summed E-state index contributed by atoms with van der Waals surface area (Å²) in [6, 6.07) is 13.0. The molecule has 0 saturated heterocycles. The predicted octanol–water partition coefficient (Wildman–Crippen LogP) is 5.66. The summed E-state index contributed by atoms with van der Waals surface area (Å²) in [5.41, 5.74) is 8.97. The van der Waals surface area contributed by atoms with Crippen molar-refractivity contribution in [1.29, 1.82) is 0 Å². The van der Waals surface area contributed by atoms with Gasteiger partial charge in [-0.25, -0.2) is 0 Å². The molecule has 3 nitrogen and oxygen atoms in total. The third-order valence-corrected chi connectivity index (χ3v) is 4.49. The Morgan fingerprint density at radius 3 is 2.52 bits per heavy atom. The number of benzene rings is 2. The zero-order valence-corrected chi connectivity index (χ0v) is 13.7. The van der Waals surface area contributed by atoms with Crippen molar-refractivity contribution >= 4 is 45.0 Å². The summed E-state index contributed by atoms with van der Waals surface area (Å²) in [4.78, 5) is 0. The van der Waals surface area contributed by atoms with Gasteiger partial charge in [-0.15, -0.1) is 0 Å². The summed E-state index contributed by atoms with van der Waals surface area (Å²) in [5.74, 6) is 0.253. The molecule has 2 aromatic carbocycles. The first kappa shape index (κ1) is 14.4. The Kier molecular flexibility index (Phi) is 3.93. The normalized spacial score (nSPS) is 10.8. The van der Waals surface area contributed by atoms with Crippen molar-refractivity contribution in [3.8, 4) is 22.4 Å². The molecule has 0 fully saturated rings. The molecule has 0 spiro atoms. The average Bonchev–Trinajstić information content (AvgIpc) is 2.84. The molecule has 0 unspecified atom stereocenters. The third-order valence-electron chi connectivity index (χ3n) is 3.05. The van der Waals surface area contributed by atoms with Gasteiger partial charge in [0, 0.05) is 15.6 Å². The Morgan fingerprint density at radius 2 is 1.81 bits per heavy atom. The highest BCUT2D eigenvalue weighted by molar-refractivity contribution is 9.10. The Morgan fingerprint density at radius 1 is 1.05 bits per heavy atom. The van der Waals surface area contributed by atoms with Crippen LogP contribution in [0.2, 0.25) is 10.0 Å². The molecule has 106 valence electrons. The Labute approximate surface area is 139 Å². The summed E-state index contributed by atoms with van der Waals surface area (Å²) in [6.45, 7) is 0. The zero-order chi connectivity index (χ0) is 15.0. The minimum Gasteiger partial charge on any atom is -0.367 e. The van der Waals surface area contributed by atoms with Gasteiger partial charge in [-0.2, -0.15) is 0 Å². The lowest BCUT2D eigenvalue weighted by Gasteiger charge is -2.06. The number of hydrogen-bond donors (Lipinski definition) is 1. The van der Waals surface area contributed by atoms with Crippen LogP contribution in [0, 0.1) is 0 Å². The van der Waals surface area contributed by atoms with E-state index >= 15 is 0 Å². The van der Waals surface area contributed by atoms with Gasteiger partial charge in [-0.05, 0) is 18.2 Å². The topological polar surface area (TPSA) is 52.0 Å². The van der Waals surface area contributed by atoms with Crippen molar-refractivity contribution in [3.63, 3.8) is 0 Å². The molecule has 0 aliphatic heterocycles. The number of anilines is 1. The number of nitrogen functional groups attached to an aromatic ring is 1. The largest absolute Gasteiger partial charge is 0.367 e. The van der Waals surface area contributed by atoms with Crippen LogP contribution in [-0.2, 0) is 0 Å². The quantitative estimate of drug-likeness (QED) is 0.621. The van der Waals surface area contributed by atoms with Crippen LogP contribution in [0.1, 0.15) is 0 Å². The summed E-state index contributed by atoms with van der Waals surface area (Å²) < 4.78 is 6.06. The van der Waals surface area contributed by atoms with Gasteiger partial charge in [0.25, 0.3) is 0 Å². The van der Waals surface area contributed by atoms with Crippen LogP contribution in [0.4, 0.5) is 5.88 Å². The van der Waals surface area contributed by atoms with Gasteiger partial charge in [0.2, 0.25) is 5.88 Å². The maximum absolute atomic E-state index is 6.07. The first-order chi connectivity index (χ1) is 10.1. The predicted molar refractivity (Wildman–Crippen MR) is 89.5 cm³/mol. The van der Waals surface area contributed by atoms with Gasteiger partial charge in [-0.3, -0.25) is 0 Å². The summed E-state index contributed by atoms with van der Waals surface area (Å²) in [7, 11) is 0. The van der Waals surface area contributed by atoms with Crippen LogP contribution in [0.3, 0.4) is 0 Å². The Bertz CT molecular complexity index is 817. The minimum atomic E-state index is 0.253. The van der Waals surface area contributed by atoms with Crippen molar-refractivity contribution in [2.75, 3.05) is 5.73 Å². The molecule has 0 saturated carbocycles. The summed E-state index contributed by atoms with van der Waals surface area (Å²) >= 11 is 15.5. The minimum absolute atomic E-state index is 0.253. The van der Waals surface area contributed by atoms with E-state index in [1.165, 1.54) is 0 Å². The van der Waals surface area contributed by atoms with Gasteiger partial charge in [0.1, 0.15) is 5.69 Å². The molecule has 0 amide bonds. The molecule has 3 rings (SSSR count). The van der Waals surface area contributed by atoms with Gasteiger partial charge in [0.05, 0.1) is 15.6 Å². The summed E-state index contributed by atoms with van der Waals surface area (Å²) in [6.07, 6.45) is 0. The molecule has 0 aliphatic rings. The third kappa shape index (κ3) is 2.67. The molecule has 21 heavy (non-hydrogen) atoms. The van der Waals surface area contributed by atoms with Crippen molar-refractivity contribution in [1.82, 2.24) is 5.16 Å². The number of hydrogen-bond acceptors (Lipinski definition) is 3. The van der Waals surface area contributed by atoms with E-state index in [-0.39, 0.29) is 5.88 Å². The highest BCUT2D eigenvalue weighted by Gasteiger charge is 2.19.